The Balaban J connectivity index is 0.00000224. The van der Waals surface area contributed by atoms with Crippen LogP contribution in [0.2, 0.25) is 0 Å². The Morgan fingerprint density at radius 3 is 1.45 bits per heavy atom. The first-order valence-electron chi connectivity index (χ1n) is 15.1. The number of aromatic nitrogens is 5. The van der Waals surface area contributed by atoms with Crippen molar-refractivity contribution in [1.82, 2.24) is 24.5 Å². The van der Waals surface area contributed by atoms with Crippen LogP contribution in [0.4, 0.5) is 0 Å². The predicted molar refractivity (Wildman–Crippen MR) is 184 cm³/mol. The first-order valence-corrected chi connectivity index (χ1v) is 17.0. The molecule has 4 heterocycles. The smallest absolute Gasteiger partial charge is 0.503 e. The molecule has 4 aromatic heterocycles. The molecule has 0 radical (unpaired) electrons. The van der Waals surface area contributed by atoms with Gasteiger partial charge in [-0.15, -0.1) is 71.8 Å². The average molecular weight is 1050 g/mol. The molecule has 0 aliphatic rings. The molecule has 0 atom stereocenters. The van der Waals surface area contributed by atoms with Gasteiger partial charge < -0.3 is 24.0 Å². The third-order valence-corrected chi connectivity index (χ3v) is 8.70. The van der Waals surface area contributed by atoms with Crippen LogP contribution in [0.25, 0.3) is 50.3 Å². The second kappa shape index (κ2) is 15.1. The summed E-state index contributed by atoms with van der Waals surface area (Å²) in [6, 6.07) is 43.3. The maximum Gasteiger partial charge on any atom is 2.00 e. The number of rotatable bonds is 8. The van der Waals surface area contributed by atoms with Gasteiger partial charge in [0.05, 0.1) is 12.4 Å². The maximum absolute atomic E-state index is 12.2. The normalized spacial score (nSPS) is 11.1. The van der Waals surface area contributed by atoms with E-state index in [2.05, 4.69) is 44.2 Å². The van der Waals surface area contributed by atoms with E-state index in [9.17, 15) is 8.42 Å². The summed E-state index contributed by atoms with van der Waals surface area (Å²) >= 11 is 0. The van der Waals surface area contributed by atoms with Gasteiger partial charge in [-0.2, -0.15) is 22.9 Å². The quantitative estimate of drug-likeness (QED) is 0.142. The van der Waals surface area contributed by atoms with E-state index in [0.29, 0.717) is 34.0 Å². The largest absolute Gasteiger partial charge is 2.00 e. The standard InChI is InChI=1S/C39H23N5O4S.2Pt/c1-49(45,46)32-24-42-39(43-25-32)44-37-22-30(47-28-10-6-8-26(20-28)35-12-2-4-18-40-35)14-16-33(37)34-17-15-31(23-38(34)44)48-29-11-7-9-27(21-29)36-13-3-5-19-41-36;;/h2-19,24-25H,1H3;;/q-4;2*+2. The van der Waals surface area contributed by atoms with E-state index in [1.54, 1.807) is 17.0 Å². The van der Waals surface area contributed by atoms with Crippen molar-refractivity contribution in [3.63, 3.8) is 0 Å². The molecule has 8 rings (SSSR count). The van der Waals surface area contributed by atoms with Gasteiger partial charge in [-0.3, -0.25) is 0 Å². The van der Waals surface area contributed by atoms with E-state index in [4.69, 9.17) is 9.47 Å². The molecule has 0 aliphatic carbocycles. The van der Waals surface area contributed by atoms with E-state index < -0.39 is 9.84 Å². The Morgan fingerprint density at radius 2 is 1.02 bits per heavy atom. The number of hydrogen-bond donors (Lipinski definition) is 0. The number of ether oxygens (including phenoxy) is 2. The third kappa shape index (κ3) is 7.54. The van der Waals surface area contributed by atoms with Crippen molar-refractivity contribution in [1.29, 1.82) is 0 Å². The molecule has 8 aromatic rings. The fraction of sp³-hybridized carbons (Fsp3) is 0.0256. The van der Waals surface area contributed by atoms with Crippen LogP contribution in [0, 0.1) is 24.3 Å². The van der Waals surface area contributed by atoms with E-state index in [1.165, 1.54) is 12.4 Å². The monoisotopic (exact) mass is 1050 g/mol. The fourth-order valence-electron chi connectivity index (χ4n) is 5.36. The maximum atomic E-state index is 12.2. The van der Waals surface area contributed by atoms with Crippen LogP contribution in [0.1, 0.15) is 0 Å². The van der Waals surface area contributed by atoms with Gasteiger partial charge in [0.1, 0.15) is 4.90 Å². The molecule has 0 fully saturated rings. The van der Waals surface area contributed by atoms with Crippen molar-refractivity contribution in [2.75, 3.05) is 6.26 Å². The second-order valence-electron chi connectivity index (χ2n) is 11.0. The third-order valence-electron chi connectivity index (χ3n) is 7.63. The Hall–Kier alpha value is -5.01. The molecule has 12 heteroatoms. The Kier molecular flexibility index (Phi) is 10.6. The summed E-state index contributed by atoms with van der Waals surface area (Å²) in [4.78, 5) is 17.7. The number of fused-ring (bicyclic) bond motifs is 3. The molecule has 0 unspecified atom stereocenters. The van der Waals surface area contributed by atoms with Gasteiger partial charge >= 0.3 is 42.1 Å². The number of hydrogen-bond acceptors (Lipinski definition) is 8. The van der Waals surface area contributed by atoms with Crippen LogP contribution >= 0.6 is 0 Å². The fourth-order valence-corrected chi connectivity index (χ4v) is 5.84. The first kappa shape index (κ1) is 35.8. The number of pyridine rings is 2. The summed E-state index contributed by atoms with van der Waals surface area (Å²) in [6.07, 6.45) is 7.14. The minimum atomic E-state index is -3.51. The van der Waals surface area contributed by atoms with Gasteiger partial charge in [0, 0.05) is 41.6 Å². The Morgan fingerprint density at radius 1 is 0.549 bits per heavy atom. The van der Waals surface area contributed by atoms with Crippen LogP contribution in [0.5, 0.6) is 23.0 Å². The molecule has 0 saturated carbocycles. The van der Waals surface area contributed by atoms with E-state index in [0.717, 1.165) is 39.5 Å². The van der Waals surface area contributed by atoms with Crippen molar-refractivity contribution < 1.29 is 60.0 Å². The number of nitrogens with zero attached hydrogens (tertiary/aromatic N) is 5. The predicted octanol–water partition coefficient (Wildman–Crippen LogP) is 7.88. The van der Waals surface area contributed by atoms with E-state index >= 15 is 0 Å². The topological polar surface area (TPSA) is 109 Å². The Labute approximate surface area is 322 Å². The summed E-state index contributed by atoms with van der Waals surface area (Å²) < 4.78 is 38.6. The minimum Gasteiger partial charge on any atom is -0.503 e. The van der Waals surface area contributed by atoms with Gasteiger partial charge in [0.15, 0.2) is 9.84 Å². The zero-order valence-corrected chi connectivity index (χ0v) is 31.8. The summed E-state index contributed by atoms with van der Waals surface area (Å²) in [7, 11) is -3.51. The number of sulfone groups is 1. The molecule has 4 aromatic carbocycles. The SMILES string of the molecule is CS(=O)(=O)c1cnc(-n2c3[c-]c(Oc4[c-]c(-c5ccccn5)ccc4)ccc3c3ccc(Oc4[c-]c(-c5ccccn5)ccc4)[c-]c32)nc1.[Pt+2].[Pt+2]. The summed E-state index contributed by atoms with van der Waals surface area (Å²) in [5, 5.41) is 1.66. The Bertz CT molecular complexity index is 2440. The second-order valence-corrected chi connectivity index (χ2v) is 13.0. The summed E-state index contributed by atoms with van der Waals surface area (Å²) in [5.41, 5.74) is 4.32. The van der Waals surface area contributed by atoms with Gasteiger partial charge in [-0.05, 0) is 23.5 Å². The molecule has 9 nitrogen and oxygen atoms in total. The van der Waals surface area contributed by atoms with Crippen molar-refractivity contribution in [3.8, 4) is 51.5 Å². The molecule has 254 valence electrons. The van der Waals surface area contributed by atoms with Crippen LogP contribution in [-0.4, -0.2) is 39.2 Å². The summed E-state index contributed by atoms with van der Waals surface area (Å²) in [5.74, 6) is 2.05. The van der Waals surface area contributed by atoms with Gasteiger partial charge in [-0.25, -0.2) is 18.4 Å². The van der Waals surface area contributed by atoms with Crippen molar-refractivity contribution in [3.05, 3.63) is 146 Å². The van der Waals surface area contributed by atoms with Gasteiger partial charge in [0.2, 0.25) is 5.95 Å². The molecule has 0 amide bonds. The van der Waals surface area contributed by atoms with E-state index in [-0.39, 0.29) is 53.0 Å². The zero-order chi connectivity index (χ0) is 33.4. The first-order chi connectivity index (χ1) is 23.9. The number of benzene rings is 4. The van der Waals surface area contributed by atoms with Gasteiger partial charge in [0.25, 0.3) is 0 Å². The van der Waals surface area contributed by atoms with Crippen molar-refractivity contribution in [2.24, 2.45) is 0 Å². The summed E-state index contributed by atoms with van der Waals surface area (Å²) in [6.45, 7) is 0. The molecule has 0 bridgehead atoms. The van der Waals surface area contributed by atoms with Crippen LogP contribution in [0.3, 0.4) is 0 Å². The van der Waals surface area contributed by atoms with Crippen molar-refractivity contribution in [2.45, 2.75) is 4.90 Å². The minimum absolute atomic E-state index is 0. The molecular formula is C39H23N5O4Pt2S. The van der Waals surface area contributed by atoms with Crippen LogP contribution in [0.15, 0.2) is 127 Å². The van der Waals surface area contributed by atoms with Crippen LogP contribution < -0.4 is 9.47 Å². The van der Waals surface area contributed by atoms with Gasteiger partial charge in [-0.1, -0.05) is 47.4 Å². The molecule has 0 saturated heterocycles. The van der Waals surface area contributed by atoms with Crippen molar-refractivity contribution >= 4 is 31.6 Å². The molecule has 51 heavy (non-hydrogen) atoms. The zero-order valence-electron chi connectivity index (χ0n) is 26.5. The van der Waals surface area contributed by atoms with E-state index in [1.807, 2.05) is 97.1 Å². The molecule has 0 aliphatic heterocycles. The van der Waals surface area contributed by atoms with Crippen LogP contribution in [-0.2, 0) is 52.0 Å². The molecular weight excluding hydrogens is 1020 g/mol. The average Bonchev–Trinajstić information content (AvgIpc) is 3.45. The molecule has 0 N–H and O–H groups in total. The molecule has 0 spiro atoms.